The summed E-state index contributed by atoms with van der Waals surface area (Å²) in [6.07, 6.45) is 1.79. The van der Waals surface area contributed by atoms with Gasteiger partial charge in [-0.05, 0) is 6.42 Å². The number of hydrogen-bond donors (Lipinski definition) is 3. The number of unbranched alkanes of at least 4 members (excludes halogenated alkanes) is 1. The fraction of sp³-hybridized carbons (Fsp3) is 0.500. The molecule has 0 saturated carbocycles. The van der Waals surface area contributed by atoms with E-state index in [1.807, 2.05) is 12.2 Å². The summed E-state index contributed by atoms with van der Waals surface area (Å²) in [6, 6.07) is 0. The Kier molecular flexibility index (Phi) is 5.34. The van der Waals surface area contributed by atoms with Gasteiger partial charge in [0.1, 0.15) is 0 Å². The molecule has 0 aromatic carbocycles. The van der Waals surface area contributed by atoms with Gasteiger partial charge in [0.05, 0.1) is 12.1 Å². The minimum atomic E-state index is -1.22. The van der Waals surface area contributed by atoms with Gasteiger partial charge in [0, 0.05) is 0 Å². The van der Waals surface area contributed by atoms with Crippen LogP contribution in [-0.4, -0.2) is 28.8 Å². The van der Waals surface area contributed by atoms with Crippen LogP contribution in [0.3, 0.4) is 0 Å². The average molecular weight is 187 g/mol. The van der Waals surface area contributed by atoms with Gasteiger partial charge in [-0.2, -0.15) is 0 Å². The third-order valence-electron chi connectivity index (χ3n) is 1.38. The predicted molar refractivity (Wildman–Crippen MR) is 46.7 cm³/mol. The molecule has 0 heterocycles. The molecular formula is C8H13NO4. The second-order valence-electron chi connectivity index (χ2n) is 2.48. The normalized spacial score (nSPS) is 11.0. The maximum absolute atomic E-state index is 10.5. The first-order chi connectivity index (χ1) is 6.07. The van der Waals surface area contributed by atoms with Crippen molar-refractivity contribution in [2.24, 2.45) is 0 Å². The van der Waals surface area contributed by atoms with Crippen LogP contribution in [0, 0.1) is 0 Å². The summed E-state index contributed by atoms with van der Waals surface area (Å²) in [5, 5.41) is 18.9. The van der Waals surface area contributed by atoms with Gasteiger partial charge < -0.3 is 15.5 Å². The first-order valence-corrected chi connectivity index (χ1v) is 3.97. The summed E-state index contributed by atoms with van der Waals surface area (Å²) in [5.74, 6) is -1.08. The predicted octanol–water partition coefficient (Wildman–Crippen LogP) is 1.07. The number of amides is 1. The number of aliphatic carboxylic acids is 1. The standard InChI is InChI=1S/C8H13NO4/c1-2-3-4-6(7(10)11)5-9-8(12)13/h4,9H,2-3,5H2,1H3,(H,10,11)(H,12,13). The Labute approximate surface area is 76.1 Å². The minimum Gasteiger partial charge on any atom is -0.478 e. The highest BCUT2D eigenvalue weighted by atomic mass is 16.4. The average Bonchev–Trinajstić information content (AvgIpc) is 2.03. The molecule has 0 bridgehead atoms. The van der Waals surface area contributed by atoms with E-state index in [0.717, 1.165) is 6.42 Å². The van der Waals surface area contributed by atoms with Gasteiger partial charge in [-0.25, -0.2) is 9.59 Å². The molecular weight excluding hydrogens is 174 g/mol. The zero-order chi connectivity index (χ0) is 10.3. The Balaban J connectivity index is 4.10. The second-order valence-corrected chi connectivity index (χ2v) is 2.48. The van der Waals surface area contributed by atoms with Gasteiger partial charge in [0.15, 0.2) is 0 Å². The minimum absolute atomic E-state index is 0.0873. The Morgan fingerprint density at radius 2 is 2.00 bits per heavy atom. The highest BCUT2D eigenvalue weighted by Crippen LogP contribution is 1.98. The van der Waals surface area contributed by atoms with E-state index in [-0.39, 0.29) is 12.1 Å². The van der Waals surface area contributed by atoms with Crippen LogP contribution >= 0.6 is 0 Å². The van der Waals surface area contributed by atoms with Crippen molar-refractivity contribution < 1.29 is 19.8 Å². The van der Waals surface area contributed by atoms with Crippen molar-refractivity contribution in [1.29, 1.82) is 0 Å². The molecule has 0 atom stereocenters. The van der Waals surface area contributed by atoms with E-state index in [1.54, 1.807) is 0 Å². The van der Waals surface area contributed by atoms with E-state index >= 15 is 0 Å². The third-order valence-corrected chi connectivity index (χ3v) is 1.38. The lowest BCUT2D eigenvalue weighted by Gasteiger charge is -2.01. The Morgan fingerprint density at radius 3 is 2.38 bits per heavy atom. The SMILES string of the molecule is CCCC=C(CNC(=O)O)C(=O)O. The van der Waals surface area contributed by atoms with Gasteiger partial charge in [0.25, 0.3) is 0 Å². The maximum Gasteiger partial charge on any atom is 0.404 e. The summed E-state index contributed by atoms with van der Waals surface area (Å²) in [7, 11) is 0. The van der Waals surface area contributed by atoms with E-state index in [0.29, 0.717) is 6.42 Å². The summed E-state index contributed by atoms with van der Waals surface area (Å²) in [6.45, 7) is 1.77. The number of hydrogen-bond acceptors (Lipinski definition) is 2. The smallest absolute Gasteiger partial charge is 0.404 e. The van der Waals surface area contributed by atoms with E-state index in [9.17, 15) is 9.59 Å². The van der Waals surface area contributed by atoms with Gasteiger partial charge in [-0.3, -0.25) is 0 Å². The lowest BCUT2D eigenvalue weighted by Crippen LogP contribution is -2.25. The van der Waals surface area contributed by atoms with Gasteiger partial charge in [-0.15, -0.1) is 0 Å². The van der Waals surface area contributed by atoms with Crippen molar-refractivity contribution in [3.05, 3.63) is 11.6 Å². The van der Waals surface area contributed by atoms with E-state index < -0.39 is 12.1 Å². The van der Waals surface area contributed by atoms with E-state index in [2.05, 4.69) is 0 Å². The first-order valence-electron chi connectivity index (χ1n) is 3.97. The number of nitrogens with one attached hydrogen (secondary N) is 1. The molecule has 0 saturated heterocycles. The largest absolute Gasteiger partial charge is 0.478 e. The van der Waals surface area contributed by atoms with Crippen molar-refractivity contribution in [3.8, 4) is 0 Å². The number of carboxylic acid groups (broad SMARTS) is 2. The Bertz CT molecular complexity index is 222. The third kappa shape index (κ3) is 5.72. The van der Waals surface area contributed by atoms with Crippen LogP contribution in [0.1, 0.15) is 19.8 Å². The highest BCUT2D eigenvalue weighted by Gasteiger charge is 2.07. The fourth-order valence-corrected chi connectivity index (χ4v) is 0.724. The van der Waals surface area contributed by atoms with Crippen LogP contribution in [0.4, 0.5) is 4.79 Å². The molecule has 0 radical (unpaired) electrons. The maximum atomic E-state index is 10.5. The zero-order valence-electron chi connectivity index (χ0n) is 7.41. The quantitative estimate of drug-likeness (QED) is 0.562. The van der Waals surface area contributed by atoms with Crippen LogP contribution < -0.4 is 5.32 Å². The van der Waals surface area contributed by atoms with E-state index in [4.69, 9.17) is 10.2 Å². The summed E-state index contributed by atoms with van der Waals surface area (Å²) < 4.78 is 0. The Hall–Kier alpha value is -1.52. The molecule has 5 heteroatoms. The molecule has 13 heavy (non-hydrogen) atoms. The van der Waals surface area contributed by atoms with Gasteiger partial charge >= 0.3 is 12.1 Å². The monoisotopic (exact) mass is 187 g/mol. The molecule has 3 N–H and O–H groups in total. The molecule has 74 valence electrons. The first kappa shape index (κ1) is 11.5. The topological polar surface area (TPSA) is 86.6 Å². The highest BCUT2D eigenvalue weighted by molar-refractivity contribution is 5.87. The van der Waals surface area contributed by atoms with Crippen molar-refractivity contribution in [1.82, 2.24) is 5.32 Å². The summed E-state index contributed by atoms with van der Waals surface area (Å²) in [5.41, 5.74) is 0.0873. The molecule has 0 aliphatic heterocycles. The second kappa shape index (κ2) is 6.05. The van der Waals surface area contributed by atoms with Crippen molar-refractivity contribution in [2.75, 3.05) is 6.54 Å². The molecule has 0 aliphatic rings. The molecule has 0 aromatic rings. The van der Waals surface area contributed by atoms with Crippen molar-refractivity contribution in [2.45, 2.75) is 19.8 Å². The van der Waals surface area contributed by atoms with E-state index in [1.165, 1.54) is 6.08 Å². The molecule has 0 spiro atoms. The zero-order valence-corrected chi connectivity index (χ0v) is 7.41. The van der Waals surface area contributed by atoms with Crippen LogP contribution in [0.15, 0.2) is 11.6 Å². The van der Waals surface area contributed by atoms with Gasteiger partial charge in [-0.1, -0.05) is 19.4 Å². The number of carbonyl (C=O) groups is 2. The van der Waals surface area contributed by atoms with Crippen molar-refractivity contribution >= 4 is 12.1 Å². The number of allylic oxidation sites excluding steroid dienone is 1. The molecule has 0 aromatic heterocycles. The van der Waals surface area contributed by atoms with Crippen LogP contribution in [-0.2, 0) is 4.79 Å². The van der Waals surface area contributed by atoms with Crippen LogP contribution in [0.2, 0.25) is 0 Å². The molecule has 0 aliphatic carbocycles. The Morgan fingerprint density at radius 1 is 1.38 bits per heavy atom. The molecule has 0 rings (SSSR count). The molecule has 5 nitrogen and oxygen atoms in total. The fourth-order valence-electron chi connectivity index (χ4n) is 0.724. The summed E-state index contributed by atoms with van der Waals surface area (Å²) in [4.78, 5) is 20.6. The van der Waals surface area contributed by atoms with Crippen LogP contribution in [0.25, 0.3) is 0 Å². The number of carboxylic acids is 1. The van der Waals surface area contributed by atoms with Crippen LogP contribution in [0.5, 0.6) is 0 Å². The molecule has 1 amide bonds. The summed E-state index contributed by atoms with van der Waals surface area (Å²) >= 11 is 0. The molecule has 0 unspecified atom stereocenters. The molecule has 0 fully saturated rings. The van der Waals surface area contributed by atoms with Gasteiger partial charge in [0.2, 0.25) is 0 Å². The number of rotatable bonds is 5. The lowest BCUT2D eigenvalue weighted by molar-refractivity contribution is -0.132. The lowest BCUT2D eigenvalue weighted by atomic mass is 10.2. The van der Waals surface area contributed by atoms with Crippen molar-refractivity contribution in [3.63, 3.8) is 0 Å².